The SMILES string of the molecule is Cc1cc2c3c(c1)N(c1cc4c(cc1C)C(C)(C)CCC4(C)C)c1cc4c(cc1B3c1cc3c(cc1N2c1ccc2c(c1)C(C)(C)CCC2(C)C)C(C)(C)CCC3(C)C)oc1ccccc14. The fourth-order valence-electron chi connectivity index (χ4n) is 13.6. The minimum absolute atomic E-state index is 0.00170. The Kier molecular flexibility index (Phi) is 8.48. The standard InChI is InChI=1S/C62H69BN2O/c1-36-27-52-56-53(28-36)65(49-33-45-42(29-37(49)2)58(5,6)23-25-61(45,11)12)50-31-40-39-17-15-16-18-54(39)66-55(40)35-48(50)63(56)47-32-44-46(62(13,14)26-24-60(44,9)10)34-51(47)64(52)38-19-20-41-43(30-38)59(7,8)22-21-57(41,3)4/h15-20,27-35H,21-26H2,1-14H3. The van der Waals surface area contributed by atoms with Crippen molar-refractivity contribution in [2.75, 3.05) is 9.80 Å². The molecule has 0 fully saturated rings. The third-order valence-corrected chi connectivity index (χ3v) is 18.2. The van der Waals surface area contributed by atoms with Crippen molar-refractivity contribution in [1.82, 2.24) is 0 Å². The fraction of sp³-hybridized carbons (Fsp3) is 0.419. The van der Waals surface area contributed by atoms with E-state index in [0.717, 1.165) is 11.2 Å². The maximum Gasteiger partial charge on any atom is 0.252 e. The summed E-state index contributed by atoms with van der Waals surface area (Å²) in [5.41, 5.74) is 25.8. The first kappa shape index (κ1) is 42.2. The Labute approximate surface area is 395 Å². The molecule has 0 saturated heterocycles. The summed E-state index contributed by atoms with van der Waals surface area (Å²) in [7, 11) is 0. The normalized spacial score (nSPS) is 20.8. The summed E-state index contributed by atoms with van der Waals surface area (Å²) in [6.07, 6.45) is 7.10. The van der Waals surface area contributed by atoms with E-state index in [4.69, 9.17) is 4.42 Å². The van der Waals surface area contributed by atoms with Crippen LogP contribution in [0.15, 0.2) is 95.4 Å². The Morgan fingerprint density at radius 3 is 1.52 bits per heavy atom. The number of furan rings is 1. The number of anilines is 6. The fourth-order valence-corrected chi connectivity index (χ4v) is 13.6. The monoisotopic (exact) mass is 869 g/mol. The molecule has 7 aromatic rings. The molecule has 0 saturated carbocycles. The van der Waals surface area contributed by atoms with E-state index >= 15 is 0 Å². The summed E-state index contributed by atoms with van der Waals surface area (Å²) >= 11 is 0. The number of hydrogen-bond donors (Lipinski definition) is 0. The summed E-state index contributed by atoms with van der Waals surface area (Å²) < 4.78 is 6.85. The molecule has 0 spiro atoms. The lowest BCUT2D eigenvalue weighted by Gasteiger charge is -2.48. The molecule has 0 bridgehead atoms. The number of fused-ring (bicyclic) bond motifs is 10. The highest BCUT2D eigenvalue weighted by Gasteiger charge is 2.48. The molecule has 2 aliphatic heterocycles. The van der Waals surface area contributed by atoms with Gasteiger partial charge in [-0.15, -0.1) is 0 Å². The van der Waals surface area contributed by atoms with Gasteiger partial charge in [-0.25, -0.2) is 0 Å². The minimum atomic E-state index is -0.00170. The molecular formula is C62H69BN2O. The first-order chi connectivity index (χ1) is 31.0. The first-order valence-corrected chi connectivity index (χ1v) is 25.2. The molecule has 66 heavy (non-hydrogen) atoms. The minimum Gasteiger partial charge on any atom is -0.456 e. The molecule has 6 aromatic carbocycles. The van der Waals surface area contributed by atoms with E-state index < -0.39 is 0 Å². The quantitative estimate of drug-likeness (QED) is 0.161. The number of rotatable bonds is 2. The molecule has 0 atom stereocenters. The first-order valence-electron chi connectivity index (χ1n) is 25.2. The molecule has 3 aliphatic carbocycles. The molecule has 4 heteroatoms. The number of para-hydroxylation sites is 1. The summed E-state index contributed by atoms with van der Waals surface area (Å²) in [4.78, 5) is 5.38. The van der Waals surface area contributed by atoms with Crippen molar-refractivity contribution < 1.29 is 4.42 Å². The van der Waals surface area contributed by atoms with Crippen LogP contribution in [-0.4, -0.2) is 6.71 Å². The second-order valence-corrected chi connectivity index (χ2v) is 25.5. The van der Waals surface area contributed by atoms with Crippen LogP contribution < -0.4 is 26.2 Å². The lowest BCUT2D eigenvalue weighted by molar-refractivity contribution is 0.332. The van der Waals surface area contributed by atoms with Crippen molar-refractivity contribution in [2.45, 2.75) is 168 Å². The van der Waals surface area contributed by atoms with Crippen LogP contribution in [0.3, 0.4) is 0 Å². The van der Waals surface area contributed by atoms with E-state index in [2.05, 4.69) is 198 Å². The van der Waals surface area contributed by atoms with Gasteiger partial charge in [0.15, 0.2) is 0 Å². The summed E-state index contributed by atoms with van der Waals surface area (Å²) in [6.45, 7) is 34.3. The van der Waals surface area contributed by atoms with Crippen LogP contribution >= 0.6 is 0 Å². The van der Waals surface area contributed by atoms with Gasteiger partial charge in [0.25, 0.3) is 6.71 Å². The van der Waals surface area contributed by atoms with Gasteiger partial charge in [-0.2, -0.15) is 0 Å². The van der Waals surface area contributed by atoms with Gasteiger partial charge in [-0.1, -0.05) is 119 Å². The van der Waals surface area contributed by atoms with E-state index in [1.54, 1.807) is 0 Å². The number of hydrogen-bond acceptors (Lipinski definition) is 3. The average molecular weight is 869 g/mol. The maximum absolute atomic E-state index is 6.85. The Morgan fingerprint density at radius 1 is 0.409 bits per heavy atom. The van der Waals surface area contributed by atoms with Gasteiger partial charge in [0.05, 0.1) is 0 Å². The van der Waals surface area contributed by atoms with Crippen molar-refractivity contribution in [3.05, 3.63) is 136 Å². The van der Waals surface area contributed by atoms with Crippen LogP contribution in [0.5, 0.6) is 0 Å². The predicted molar refractivity (Wildman–Crippen MR) is 283 cm³/mol. The van der Waals surface area contributed by atoms with Gasteiger partial charge in [-0.3, -0.25) is 0 Å². The van der Waals surface area contributed by atoms with Crippen molar-refractivity contribution in [3.63, 3.8) is 0 Å². The summed E-state index contributed by atoms with van der Waals surface area (Å²) in [6, 6.07) is 36.6. The van der Waals surface area contributed by atoms with Crippen molar-refractivity contribution in [1.29, 1.82) is 0 Å². The van der Waals surface area contributed by atoms with Gasteiger partial charge in [0.2, 0.25) is 0 Å². The average Bonchev–Trinajstić information content (AvgIpc) is 3.62. The molecule has 3 nitrogen and oxygen atoms in total. The zero-order valence-electron chi connectivity index (χ0n) is 42.3. The second kappa shape index (κ2) is 13.3. The van der Waals surface area contributed by atoms with Crippen molar-refractivity contribution >= 4 is 79.2 Å². The highest BCUT2D eigenvalue weighted by Crippen LogP contribution is 2.55. The van der Waals surface area contributed by atoms with Gasteiger partial charge in [0, 0.05) is 44.9 Å². The highest BCUT2D eigenvalue weighted by molar-refractivity contribution is 7.00. The van der Waals surface area contributed by atoms with Crippen LogP contribution in [-0.2, 0) is 32.5 Å². The van der Waals surface area contributed by atoms with E-state index in [1.807, 2.05) is 0 Å². The lowest BCUT2D eigenvalue weighted by atomic mass is 9.33. The Bertz CT molecular complexity index is 3260. The highest BCUT2D eigenvalue weighted by atomic mass is 16.3. The lowest BCUT2D eigenvalue weighted by Crippen LogP contribution is -2.62. The topological polar surface area (TPSA) is 19.6 Å². The van der Waals surface area contributed by atoms with Crippen LogP contribution in [0.25, 0.3) is 21.9 Å². The number of nitrogens with zero attached hydrogens (tertiary/aromatic N) is 2. The zero-order valence-corrected chi connectivity index (χ0v) is 42.3. The largest absolute Gasteiger partial charge is 0.456 e. The Hall–Kier alpha value is -5.22. The summed E-state index contributed by atoms with van der Waals surface area (Å²) in [5.74, 6) is 0. The van der Waals surface area contributed by atoms with Gasteiger partial charge in [-0.05, 0) is 200 Å². The molecule has 1 aromatic heterocycles. The summed E-state index contributed by atoms with van der Waals surface area (Å²) in [5, 5.41) is 2.34. The Balaban J connectivity index is 1.22. The van der Waals surface area contributed by atoms with Crippen molar-refractivity contribution in [3.8, 4) is 0 Å². The van der Waals surface area contributed by atoms with Crippen LogP contribution in [0.2, 0.25) is 0 Å². The molecule has 0 N–H and O–H groups in total. The molecule has 3 heterocycles. The zero-order chi connectivity index (χ0) is 46.4. The molecular weight excluding hydrogens is 800 g/mol. The number of benzene rings is 6. The Morgan fingerprint density at radius 2 is 0.894 bits per heavy atom. The molecule has 0 amide bonds. The smallest absolute Gasteiger partial charge is 0.252 e. The number of aryl methyl sites for hydroxylation is 2. The van der Waals surface area contributed by atoms with Crippen molar-refractivity contribution in [2.24, 2.45) is 0 Å². The second-order valence-electron chi connectivity index (χ2n) is 25.5. The van der Waals surface area contributed by atoms with E-state index in [0.29, 0.717) is 0 Å². The maximum atomic E-state index is 6.85. The van der Waals surface area contributed by atoms with Gasteiger partial charge >= 0.3 is 0 Å². The molecule has 0 unspecified atom stereocenters. The predicted octanol–water partition coefficient (Wildman–Crippen LogP) is 15.3. The van der Waals surface area contributed by atoms with Crippen LogP contribution in [0.4, 0.5) is 34.1 Å². The van der Waals surface area contributed by atoms with Crippen LogP contribution in [0, 0.1) is 13.8 Å². The van der Waals surface area contributed by atoms with E-state index in [-0.39, 0.29) is 39.2 Å². The molecule has 12 rings (SSSR count). The van der Waals surface area contributed by atoms with Crippen LogP contribution in [0.1, 0.15) is 166 Å². The van der Waals surface area contributed by atoms with E-state index in [1.165, 1.54) is 144 Å². The molecule has 336 valence electrons. The molecule has 5 aliphatic rings. The third-order valence-electron chi connectivity index (χ3n) is 18.2. The van der Waals surface area contributed by atoms with Gasteiger partial charge in [0.1, 0.15) is 11.2 Å². The van der Waals surface area contributed by atoms with E-state index in [9.17, 15) is 0 Å². The molecule has 0 radical (unpaired) electrons. The third kappa shape index (κ3) is 5.81. The van der Waals surface area contributed by atoms with Gasteiger partial charge < -0.3 is 14.2 Å².